The summed E-state index contributed by atoms with van der Waals surface area (Å²) in [6.45, 7) is 3.01. The van der Waals surface area contributed by atoms with Crippen LogP contribution in [0.25, 0.3) is 6.08 Å². The van der Waals surface area contributed by atoms with Crippen molar-refractivity contribution >= 4 is 29.2 Å². The van der Waals surface area contributed by atoms with E-state index >= 15 is 0 Å². The van der Waals surface area contributed by atoms with Gasteiger partial charge in [0, 0.05) is 36.6 Å². The van der Waals surface area contributed by atoms with Crippen molar-refractivity contribution in [3.05, 3.63) is 64.0 Å². The highest BCUT2D eigenvalue weighted by atomic mass is 32.1. The Bertz CT molecular complexity index is 748. The van der Waals surface area contributed by atoms with Crippen molar-refractivity contribution in [3.8, 4) is 0 Å². The molecular formula is C19H21N3O2S. The fraction of sp³-hybridized carbons (Fsp3) is 0.263. The largest absolute Gasteiger partial charge is 0.335 e. The first kappa shape index (κ1) is 17.4. The zero-order valence-electron chi connectivity index (χ0n) is 14.1. The zero-order chi connectivity index (χ0) is 17.6. The summed E-state index contributed by atoms with van der Waals surface area (Å²) in [5.74, 6) is -0.406. The van der Waals surface area contributed by atoms with Crippen LogP contribution in [0.15, 0.2) is 53.5 Å². The molecule has 0 aliphatic carbocycles. The van der Waals surface area contributed by atoms with E-state index in [1.807, 2.05) is 30.6 Å². The van der Waals surface area contributed by atoms with Gasteiger partial charge in [-0.05, 0) is 36.7 Å². The fourth-order valence-corrected chi connectivity index (χ4v) is 3.29. The predicted molar refractivity (Wildman–Crippen MR) is 100 cm³/mol. The second kappa shape index (κ2) is 8.09. The van der Waals surface area contributed by atoms with Gasteiger partial charge in [0.1, 0.15) is 5.70 Å². The Morgan fingerprint density at radius 2 is 1.76 bits per heavy atom. The highest BCUT2D eigenvalue weighted by Gasteiger charge is 2.23. The second-order valence-corrected chi connectivity index (χ2v) is 6.97. The van der Waals surface area contributed by atoms with Crippen molar-refractivity contribution in [2.75, 3.05) is 33.2 Å². The molecule has 0 radical (unpaired) electrons. The lowest BCUT2D eigenvalue weighted by atomic mass is 10.2. The number of nitrogens with zero attached hydrogens (tertiary/aromatic N) is 2. The van der Waals surface area contributed by atoms with E-state index in [1.54, 1.807) is 35.2 Å². The van der Waals surface area contributed by atoms with Crippen LogP contribution in [0.3, 0.4) is 0 Å². The van der Waals surface area contributed by atoms with Crippen molar-refractivity contribution in [1.82, 2.24) is 15.1 Å². The van der Waals surface area contributed by atoms with Crippen LogP contribution < -0.4 is 5.32 Å². The third-order valence-corrected chi connectivity index (χ3v) is 4.95. The van der Waals surface area contributed by atoms with Crippen molar-refractivity contribution in [1.29, 1.82) is 0 Å². The maximum Gasteiger partial charge on any atom is 0.270 e. The molecule has 1 aliphatic rings. The van der Waals surface area contributed by atoms with E-state index in [0.29, 0.717) is 24.4 Å². The van der Waals surface area contributed by atoms with Crippen LogP contribution in [0, 0.1) is 0 Å². The third-order valence-electron chi connectivity index (χ3n) is 4.13. The number of hydrogen-bond acceptors (Lipinski definition) is 4. The van der Waals surface area contributed by atoms with E-state index in [2.05, 4.69) is 10.2 Å². The number of likely N-dealkylation sites (N-methyl/N-ethyl adjacent to an activating group) is 1. The van der Waals surface area contributed by atoms with E-state index in [4.69, 9.17) is 0 Å². The van der Waals surface area contributed by atoms with Gasteiger partial charge in [0.2, 0.25) is 0 Å². The molecule has 6 heteroatoms. The predicted octanol–water partition coefficient (Wildman–Crippen LogP) is 2.29. The number of rotatable bonds is 4. The summed E-state index contributed by atoms with van der Waals surface area (Å²) in [4.78, 5) is 30.3. The molecule has 1 aromatic carbocycles. The minimum Gasteiger partial charge on any atom is -0.335 e. The van der Waals surface area contributed by atoms with Crippen molar-refractivity contribution in [2.45, 2.75) is 0 Å². The topological polar surface area (TPSA) is 52.6 Å². The first-order valence-corrected chi connectivity index (χ1v) is 9.11. The average molecular weight is 355 g/mol. The molecule has 1 saturated heterocycles. The lowest BCUT2D eigenvalue weighted by Gasteiger charge is -2.33. The maximum absolute atomic E-state index is 12.9. The first-order valence-electron chi connectivity index (χ1n) is 8.23. The van der Waals surface area contributed by atoms with Gasteiger partial charge in [-0.2, -0.15) is 0 Å². The van der Waals surface area contributed by atoms with Crippen molar-refractivity contribution < 1.29 is 9.59 Å². The molecule has 3 rings (SSSR count). The van der Waals surface area contributed by atoms with Gasteiger partial charge in [0.05, 0.1) is 0 Å². The zero-order valence-corrected chi connectivity index (χ0v) is 15.0. The van der Waals surface area contributed by atoms with Crippen LogP contribution in [0.2, 0.25) is 0 Å². The number of benzene rings is 1. The Balaban J connectivity index is 1.80. The number of carbonyl (C=O) groups is 2. The van der Waals surface area contributed by atoms with Gasteiger partial charge >= 0.3 is 0 Å². The highest BCUT2D eigenvalue weighted by molar-refractivity contribution is 7.10. The van der Waals surface area contributed by atoms with Gasteiger partial charge in [0.25, 0.3) is 11.8 Å². The SMILES string of the molecule is CN1CCN(C(=O)C(=Cc2cccs2)NC(=O)c2ccccc2)CC1. The number of carbonyl (C=O) groups excluding carboxylic acids is 2. The lowest BCUT2D eigenvalue weighted by Crippen LogP contribution is -2.49. The van der Waals surface area contributed by atoms with Gasteiger partial charge in [-0.1, -0.05) is 24.3 Å². The molecule has 0 atom stereocenters. The Morgan fingerprint density at radius 3 is 2.40 bits per heavy atom. The molecule has 1 fully saturated rings. The second-order valence-electron chi connectivity index (χ2n) is 5.99. The van der Waals surface area contributed by atoms with Crippen molar-refractivity contribution in [3.63, 3.8) is 0 Å². The molecule has 2 aromatic rings. The number of amides is 2. The number of hydrogen-bond donors (Lipinski definition) is 1. The van der Waals surface area contributed by atoms with Gasteiger partial charge < -0.3 is 15.1 Å². The number of thiophene rings is 1. The quantitative estimate of drug-likeness (QED) is 0.856. The molecule has 5 nitrogen and oxygen atoms in total. The molecule has 0 bridgehead atoms. The standard InChI is InChI=1S/C19H21N3O2S/c1-21-9-11-22(12-10-21)19(24)17(14-16-8-5-13-25-16)20-18(23)15-6-3-2-4-7-15/h2-8,13-14H,9-12H2,1H3,(H,20,23). The van der Waals surface area contributed by atoms with Crippen molar-refractivity contribution in [2.24, 2.45) is 0 Å². The molecule has 130 valence electrons. The Morgan fingerprint density at radius 1 is 1.04 bits per heavy atom. The monoisotopic (exact) mass is 355 g/mol. The van der Waals surface area contributed by atoms with Crippen LogP contribution >= 0.6 is 11.3 Å². The molecule has 1 N–H and O–H groups in total. The molecule has 1 aromatic heterocycles. The minimum atomic E-state index is -0.272. The molecule has 0 unspecified atom stereocenters. The van der Waals surface area contributed by atoms with E-state index in [9.17, 15) is 9.59 Å². The van der Waals surface area contributed by atoms with Crippen LogP contribution in [-0.2, 0) is 4.79 Å². The summed E-state index contributed by atoms with van der Waals surface area (Å²) in [7, 11) is 2.04. The Labute approximate surface area is 151 Å². The van der Waals surface area contributed by atoms with E-state index in [1.165, 1.54) is 11.3 Å². The van der Waals surface area contributed by atoms with E-state index in [0.717, 1.165) is 18.0 Å². The molecular weight excluding hydrogens is 334 g/mol. The van der Waals surface area contributed by atoms with Gasteiger partial charge in [0.15, 0.2) is 0 Å². The third kappa shape index (κ3) is 4.55. The molecule has 1 aliphatic heterocycles. The smallest absolute Gasteiger partial charge is 0.270 e. The highest BCUT2D eigenvalue weighted by Crippen LogP contribution is 2.15. The van der Waals surface area contributed by atoms with E-state index in [-0.39, 0.29) is 11.8 Å². The Kier molecular flexibility index (Phi) is 5.63. The summed E-state index contributed by atoms with van der Waals surface area (Å²) in [5, 5.41) is 4.75. The van der Waals surface area contributed by atoms with Crippen LogP contribution in [-0.4, -0.2) is 54.8 Å². The van der Waals surface area contributed by atoms with Crippen LogP contribution in [0.4, 0.5) is 0 Å². The summed E-state index contributed by atoms with van der Waals surface area (Å²) in [6.07, 6.45) is 1.76. The minimum absolute atomic E-state index is 0.134. The van der Waals surface area contributed by atoms with Crippen LogP contribution in [0.5, 0.6) is 0 Å². The lowest BCUT2D eigenvalue weighted by molar-refractivity contribution is -0.128. The normalized spacial score (nSPS) is 15.9. The summed E-state index contributed by atoms with van der Waals surface area (Å²) in [5.41, 5.74) is 0.853. The van der Waals surface area contributed by atoms with Gasteiger partial charge in [-0.15, -0.1) is 11.3 Å². The Hall–Kier alpha value is -2.44. The van der Waals surface area contributed by atoms with Gasteiger partial charge in [-0.25, -0.2) is 0 Å². The first-order chi connectivity index (χ1) is 12.1. The average Bonchev–Trinajstić information content (AvgIpc) is 3.15. The molecule has 0 saturated carbocycles. The number of nitrogens with one attached hydrogen (secondary N) is 1. The van der Waals surface area contributed by atoms with E-state index < -0.39 is 0 Å². The molecule has 0 spiro atoms. The fourth-order valence-electron chi connectivity index (χ4n) is 2.63. The summed E-state index contributed by atoms with van der Waals surface area (Å²) < 4.78 is 0. The molecule has 25 heavy (non-hydrogen) atoms. The molecule has 2 amide bonds. The van der Waals surface area contributed by atoms with Gasteiger partial charge in [-0.3, -0.25) is 9.59 Å². The molecule has 2 heterocycles. The maximum atomic E-state index is 12.9. The van der Waals surface area contributed by atoms with Crippen LogP contribution in [0.1, 0.15) is 15.2 Å². The summed E-state index contributed by atoms with van der Waals surface area (Å²) in [6, 6.07) is 12.8. The summed E-state index contributed by atoms with van der Waals surface area (Å²) >= 11 is 1.53. The number of piperazine rings is 1.